The molecule has 0 aromatic carbocycles. The van der Waals surface area contributed by atoms with Gasteiger partial charge in [0.15, 0.2) is 5.65 Å². The molecule has 2 aliphatic rings. The smallest absolute Gasteiger partial charge is 0.258 e. The number of hydrogen-bond donors (Lipinski definition) is 3. The van der Waals surface area contributed by atoms with Crippen molar-refractivity contribution >= 4 is 23.2 Å². The van der Waals surface area contributed by atoms with Gasteiger partial charge in [0.1, 0.15) is 11.6 Å². The quantitative estimate of drug-likeness (QED) is 0.596. The van der Waals surface area contributed by atoms with Gasteiger partial charge in [0.25, 0.3) is 5.91 Å². The molecule has 0 atom stereocenters. The second-order valence-electron chi connectivity index (χ2n) is 8.10. The number of rotatable bonds is 6. The maximum Gasteiger partial charge on any atom is 0.258 e. The van der Waals surface area contributed by atoms with Gasteiger partial charge in [-0.05, 0) is 43.7 Å². The molecule has 3 N–H and O–H groups in total. The average molecular weight is 392 g/mol. The molecule has 3 aromatic heterocycles. The van der Waals surface area contributed by atoms with Crippen LogP contribution in [0.1, 0.15) is 60.4 Å². The Bertz CT molecular complexity index is 1040. The van der Waals surface area contributed by atoms with Crippen molar-refractivity contribution in [1.29, 1.82) is 0 Å². The molecule has 0 bridgehead atoms. The van der Waals surface area contributed by atoms with Gasteiger partial charge < -0.3 is 15.7 Å². The third-order valence-corrected chi connectivity index (χ3v) is 5.94. The zero-order valence-corrected chi connectivity index (χ0v) is 16.1. The van der Waals surface area contributed by atoms with Crippen molar-refractivity contribution in [1.82, 2.24) is 19.6 Å². The molecule has 0 spiro atoms. The van der Waals surface area contributed by atoms with Crippen molar-refractivity contribution in [3.05, 3.63) is 47.9 Å². The van der Waals surface area contributed by atoms with Crippen LogP contribution in [0.25, 0.3) is 5.65 Å². The molecule has 0 aliphatic heterocycles. The summed E-state index contributed by atoms with van der Waals surface area (Å²) >= 11 is 0. The van der Waals surface area contributed by atoms with Gasteiger partial charge in [0.05, 0.1) is 23.9 Å². The number of fused-ring (bicyclic) bond motifs is 1. The van der Waals surface area contributed by atoms with Crippen LogP contribution < -0.4 is 10.6 Å². The second kappa shape index (κ2) is 7.11. The number of aliphatic hydroxyl groups is 1. The van der Waals surface area contributed by atoms with Crippen molar-refractivity contribution in [2.24, 2.45) is 0 Å². The maximum atomic E-state index is 12.7. The molecule has 3 heterocycles. The Morgan fingerprint density at radius 1 is 1.28 bits per heavy atom. The topological polar surface area (TPSA) is 104 Å². The third kappa shape index (κ3) is 3.44. The first-order valence-electron chi connectivity index (χ1n) is 10.2. The number of nitrogens with zero attached hydrogens (tertiary/aromatic N) is 4. The molecule has 150 valence electrons. The number of aliphatic hydroxyl groups excluding tert-OH is 1. The van der Waals surface area contributed by atoms with Gasteiger partial charge in [-0.25, -0.2) is 4.98 Å². The number of carbonyl (C=O) groups excluding carboxylic acids is 1. The molecule has 0 unspecified atom stereocenters. The monoisotopic (exact) mass is 392 g/mol. The summed E-state index contributed by atoms with van der Waals surface area (Å²) in [5.74, 6) is 1.43. The minimum absolute atomic E-state index is 0.0615. The van der Waals surface area contributed by atoms with Crippen LogP contribution in [0.15, 0.2) is 36.8 Å². The van der Waals surface area contributed by atoms with E-state index in [0.717, 1.165) is 49.7 Å². The fraction of sp³-hybridized carbons (Fsp3) is 0.429. The third-order valence-electron chi connectivity index (χ3n) is 5.94. The van der Waals surface area contributed by atoms with E-state index in [2.05, 4.69) is 20.7 Å². The lowest BCUT2D eigenvalue weighted by Gasteiger charge is -2.29. The van der Waals surface area contributed by atoms with Gasteiger partial charge in [-0.2, -0.15) is 9.61 Å². The first-order chi connectivity index (χ1) is 14.2. The van der Waals surface area contributed by atoms with E-state index in [1.807, 2.05) is 6.20 Å². The Balaban J connectivity index is 1.53. The van der Waals surface area contributed by atoms with Crippen molar-refractivity contribution in [3.8, 4) is 0 Å². The Labute approximate surface area is 168 Å². The number of pyridine rings is 1. The lowest BCUT2D eigenvalue weighted by molar-refractivity contribution is 0.102. The van der Waals surface area contributed by atoms with E-state index in [4.69, 9.17) is 4.98 Å². The first-order valence-corrected chi connectivity index (χ1v) is 10.2. The predicted molar refractivity (Wildman–Crippen MR) is 109 cm³/mol. The molecule has 2 saturated carbocycles. The van der Waals surface area contributed by atoms with Crippen LogP contribution in [0.2, 0.25) is 0 Å². The van der Waals surface area contributed by atoms with Crippen LogP contribution in [0, 0.1) is 0 Å². The summed E-state index contributed by atoms with van der Waals surface area (Å²) in [6.45, 7) is 0.0615. The van der Waals surface area contributed by atoms with Crippen LogP contribution in [-0.2, 0) is 0 Å². The number of amides is 1. The van der Waals surface area contributed by atoms with Crippen LogP contribution in [-0.4, -0.2) is 42.7 Å². The Morgan fingerprint density at radius 2 is 2.10 bits per heavy atom. The van der Waals surface area contributed by atoms with Gasteiger partial charge in [-0.1, -0.05) is 12.8 Å². The SMILES string of the molecule is O=C(Nc1cc(NC2(CO)CCCC2)nc2c(C3CC3)cnn12)c1cccnc1. The molecule has 2 fully saturated rings. The highest BCUT2D eigenvalue weighted by atomic mass is 16.3. The molecule has 5 rings (SSSR count). The van der Waals surface area contributed by atoms with E-state index in [1.165, 1.54) is 6.20 Å². The van der Waals surface area contributed by atoms with E-state index in [-0.39, 0.29) is 18.1 Å². The molecule has 0 saturated heterocycles. The highest BCUT2D eigenvalue weighted by Gasteiger charge is 2.34. The van der Waals surface area contributed by atoms with E-state index in [1.54, 1.807) is 28.9 Å². The van der Waals surface area contributed by atoms with Crippen LogP contribution >= 0.6 is 0 Å². The summed E-state index contributed by atoms with van der Waals surface area (Å²) in [7, 11) is 0. The van der Waals surface area contributed by atoms with E-state index in [0.29, 0.717) is 23.1 Å². The molecular weight excluding hydrogens is 368 g/mol. The van der Waals surface area contributed by atoms with Crippen LogP contribution in [0.3, 0.4) is 0 Å². The van der Waals surface area contributed by atoms with Crippen molar-refractivity contribution in [2.75, 3.05) is 17.2 Å². The van der Waals surface area contributed by atoms with E-state index >= 15 is 0 Å². The molecule has 3 aromatic rings. The van der Waals surface area contributed by atoms with Gasteiger partial charge >= 0.3 is 0 Å². The number of nitrogens with one attached hydrogen (secondary N) is 2. The predicted octanol–water partition coefficient (Wildman–Crippen LogP) is 2.97. The molecular formula is C21H24N6O2. The second-order valence-corrected chi connectivity index (χ2v) is 8.10. The van der Waals surface area contributed by atoms with Gasteiger partial charge in [0, 0.05) is 24.0 Å². The van der Waals surface area contributed by atoms with Crippen molar-refractivity contribution in [2.45, 2.75) is 50.0 Å². The fourth-order valence-electron chi connectivity index (χ4n) is 4.15. The molecule has 8 heteroatoms. The van der Waals surface area contributed by atoms with Gasteiger partial charge in [0.2, 0.25) is 0 Å². The average Bonchev–Trinajstić information content (AvgIpc) is 3.33. The molecule has 1 amide bonds. The summed E-state index contributed by atoms with van der Waals surface area (Å²) in [5, 5.41) is 20.9. The molecule has 2 aliphatic carbocycles. The maximum absolute atomic E-state index is 12.7. The number of aromatic nitrogens is 4. The largest absolute Gasteiger partial charge is 0.394 e. The molecule has 29 heavy (non-hydrogen) atoms. The lowest BCUT2D eigenvalue weighted by atomic mass is 9.99. The zero-order chi connectivity index (χ0) is 19.8. The lowest BCUT2D eigenvalue weighted by Crippen LogP contribution is -2.39. The summed E-state index contributed by atoms with van der Waals surface area (Å²) in [6, 6.07) is 5.24. The minimum Gasteiger partial charge on any atom is -0.394 e. The fourth-order valence-corrected chi connectivity index (χ4v) is 4.15. The minimum atomic E-state index is -0.351. The van der Waals surface area contributed by atoms with Crippen LogP contribution in [0.5, 0.6) is 0 Å². The van der Waals surface area contributed by atoms with Crippen molar-refractivity contribution < 1.29 is 9.90 Å². The van der Waals surface area contributed by atoms with Crippen LogP contribution in [0.4, 0.5) is 11.6 Å². The summed E-state index contributed by atoms with van der Waals surface area (Å²) < 4.78 is 1.69. The summed E-state index contributed by atoms with van der Waals surface area (Å²) in [4.78, 5) is 21.5. The summed E-state index contributed by atoms with van der Waals surface area (Å²) in [5.41, 5.74) is 1.99. The van der Waals surface area contributed by atoms with E-state index < -0.39 is 0 Å². The Hall–Kier alpha value is -3.00. The summed E-state index contributed by atoms with van der Waals surface area (Å²) in [6.07, 6.45) is 11.3. The highest BCUT2D eigenvalue weighted by Crippen LogP contribution is 2.42. The number of hydrogen-bond acceptors (Lipinski definition) is 6. The van der Waals surface area contributed by atoms with Gasteiger partial charge in [-0.3, -0.25) is 9.78 Å². The first kappa shape index (κ1) is 18.1. The Kier molecular flexibility index (Phi) is 4.43. The normalized spacial score (nSPS) is 18.1. The van der Waals surface area contributed by atoms with E-state index in [9.17, 15) is 9.90 Å². The van der Waals surface area contributed by atoms with Crippen molar-refractivity contribution in [3.63, 3.8) is 0 Å². The van der Waals surface area contributed by atoms with Gasteiger partial charge in [-0.15, -0.1) is 0 Å². The Morgan fingerprint density at radius 3 is 2.79 bits per heavy atom. The standard InChI is InChI=1S/C21H24N6O2/c28-13-21(7-1-2-8-21)26-17-10-18(25-20(29)15-4-3-9-22-11-15)27-19(24-17)16(12-23-27)14-5-6-14/h3-4,9-12,14,28H,1-2,5-8,13H2,(H,24,26)(H,25,29). The highest BCUT2D eigenvalue weighted by molar-refractivity contribution is 6.03. The number of anilines is 2. The molecule has 8 nitrogen and oxygen atoms in total. The zero-order valence-electron chi connectivity index (χ0n) is 16.1. The number of carbonyl (C=O) groups is 1. The molecule has 0 radical (unpaired) electrons.